The number of ether oxygens (including phenoxy) is 2. The van der Waals surface area contributed by atoms with Gasteiger partial charge < -0.3 is 30.4 Å². The molecule has 0 radical (unpaired) electrons. The lowest BCUT2D eigenvalue weighted by Gasteiger charge is -2.15. The second kappa shape index (κ2) is 13.5. The molecule has 0 fully saturated rings. The summed E-state index contributed by atoms with van der Waals surface area (Å²) in [6, 6.07) is 13.5. The van der Waals surface area contributed by atoms with Crippen molar-refractivity contribution in [3.63, 3.8) is 0 Å². The Bertz CT molecular complexity index is 1990. The molecule has 14 nitrogen and oxygen atoms in total. The number of hydrogen-bond donors (Lipinski definition) is 4. The molecule has 3 amide bonds. The van der Waals surface area contributed by atoms with Gasteiger partial charge in [0, 0.05) is 60.6 Å². The monoisotopic (exact) mass is 619 g/mol. The number of nitrogens with zero attached hydrogens (tertiary/aromatic N) is 5. The summed E-state index contributed by atoms with van der Waals surface area (Å²) in [6.45, 7) is 1.62. The number of aromatic amines is 1. The summed E-state index contributed by atoms with van der Waals surface area (Å²) in [5.74, 6) is 1.06. The maximum Gasteiger partial charge on any atom is 0.281 e. The second-order valence-electron chi connectivity index (χ2n) is 9.97. The Hall–Kier alpha value is -6.31. The molecule has 1 aliphatic heterocycles. The number of benzene rings is 2. The van der Waals surface area contributed by atoms with Gasteiger partial charge in [-0.1, -0.05) is 0 Å². The third kappa shape index (κ3) is 6.60. The smallest absolute Gasteiger partial charge is 0.281 e. The zero-order valence-corrected chi connectivity index (χ0v) is 24.7. The molecule has 46 heavy (non-hydrogen) atoms. The van der Waals surface area contributed by atoms with Crippen molar-refractivity contribution in [3.05, 3.63) is 102 Å². The van der Waals surface area contributed by atoms with E-state index in [0.717, 1.165) is 11.2 Å². The average molecular weight is 620 g/mol. The number of pyridine rings is 1. The van der Waals surface area contributed by atoms with E-state index in [9.17, 15) is 14.4 Å². The first-order chi connectivity index (χ1) is 22.5. The van der Waals surface area contributed by atoms with Crippen LogP contribution in [0.1, 0.15) is 26.5 Å². The van der Waals surface area contributed by atoms with Crippen molar-refractivity contribution in [2.45, 2.75) is 6.54 Å². The van der Waals surface area contributed by atoms with Crippen molar-refractivity contribution < 1.29 is 23.9 Å². The molecule has 0 unspecified atom stereocenters. The molecule has 0 aliphatic carbocycles. The van der Waals surface area contributed by atoms with Crippen LogP contribution < -0.4 is 31.0 Å². The summed E-state index contributed by atoms with van der Waals surface area (Å²) in [5.41, 5.74) is 2.04. The molecule has 5 aromatic rings. The molecule has 0 bridgehead atoms. The van der Waals surface area contributed by atoms with Crippen LogP contribution in [0.4, 0.5) is 11.5 Å². The lowest BCUT2D eigenvalue weighted by molar-refractivity contribution is -0.111. The molecule has 0 saturated carbocycles. The predicted octanol–water partition coefficient (Wildman–Crippen LogP) is 2.79. The normalized spacial score (nSPS) is 12.5. The Labute approximate surface area is 262 Å². The predicted molar refractivity (Wildman–Crippen MR) is 169 cm³/mol. The number of H-pyrrole nitrogens is 1. The Kier molecular flexibility index (Phi) is 8.76. The highest BCUT2D eigenvalue weighted by molar-refractivity contribution is 6.02. The van der Waals surface area contributed by atoms with E-state index in [2.05, 4.69) is 35.9 Å². The highest BCUT2D eigenvalue weighted by Crippen LogP contribution is 2.37. The van der Waals surface area contributed by atoms with Crippen LogP contribution in [0.3, 0.4) is 0 Å². The number of aromatic nitrogens is 5. The van der Waals surface area contributed by atoms with Crippen LogP contribution in [-0.2, 0) is 11.3 Å². The van der Waals surface area contributed by atoms with E-state index in [-0.39, 0.29) is 30.6 Å². The molecule has 0 atom stereocenters. The van der Waals surface area contributed by atoms with Crippen LogP contribution in [0.2, 0.25) is 0 Å². The number of nitrogens with one attached hydrogen (secondary N) is 4. The van der Waals surface area contributed by atoms with Crippen LogP contribution in [0.15, 0.2) is 84.4 Å². The van der Waals surface area contributed by atoms with Gasteiger partial charge in [0.2, 0.25) is 11.5 Å². The van der Waals surface area contributed by atoms with E-state index in [4.69, 9.17) is 14.5 Å². The van der Waals surface area contributed by atoms with E-state index in [0.29, 0.717) is 52.7 Å². The van der Waals surface area contributed by atoms with Gasteiger partial charge in [-0.25, -0.2) is 9.97 Å². The van der Waals surface area contributed by atoms with Crippen molar-refractivity contribution in [1.82, 2.24) is 29.8 Å². The third-order valence-electron chi connectivity index (χ3n) is 6.99. The lowest BCUT2D eigenvalue weighted by atomic mass is 10.2. The van der Waals surface area contributed by atoms with Gasteiger partial charge in [0.05, 0.1) is 19.2 Å². The minimum atomic E-state index is -0.457. The van der Waals surface area contributed by atoms with Gasteiger partial charge >= 0.3 is 0 Å². The number of carbonyl (C=O) groups is 3. The van der Waals surface area contributed by atoms with Crippen molar-refractivity contribution >= 4 is 46.2 Å². The summed E-state index contributed by atoms with van der Waals surface area (Å²) in [7, 11) is 1.51. The van der Waals surface area contributed by atoms with Crippen LogP contribution in [0.25, 0.3) is 17.0 Å². The van der Waals surface area contributed by atoms with Crippen LogP contribution in [-0.4, -0.2) is 69.0 Å². The summed E-state index contributed by atoms with van der Waals surface area (Å²) < 4.78 is 13.5. The second-order valence-corrected chi connectivity index (χ2v) is 9.97. The molecular formula is C32H29N9O5. The van der Waals surface area contributed by atoms with E-state index in [1.807, 2.05) is 10.6 Å². The molecule has 232 valence electrons. The van der Waals surface area contributed by atoms with Gasteiger partial charge in [0.15, 0.2) is 11.5 Å². The molecule has 0 spiro atoms. The van der Waals surface area contributed by atoms with Gasteiger partial charge in [-0.3, -0.25) is 23.9 Å². The molecule has 14 heteroatoms. The molecule has 6 rings (SSSR count). The summed E-state index contributed by atoms with van der Waals surface area (Å²) in [6.07, 6.45) is 9.23. The topological polar surface area (TPSA) is 178 Å². The molecule has 1 aliphatic rings. The van der Waals surface area contributed by atoms with Crippen molar-refractivity contribution in [2.24, 2.45) is 4.99 Å². The Morgan fingerprint density at radius 2 is 1.96 bits per heavy atom. The highest BCUT2D eigenvalue weighted by Gasteiger charge is 2.21. The fourth-order valence-electron chi connectivity index (χ4n) is 4.83. The number of fused-ring (bicyclic) bond motifs is 3. The number of methoxy groups -OCH3 is 1. The van der Waals surface area contributed by atoms with Crippen molar-refractivity contribution in [1.29, 1.82) is 0 Å². The van der Waals surface area contributed by atoms with Gasteiger partial charge in [-0.15, -0.1) is 0 Å². The number of anilines is 2. The molecular weight excluding hydrogens is 590 g/mol. The average Bonchev–Trinajstić information content (AvgIpc) is 3.80. The van der Waals surface area contributed by atoms with E-state index < -0.39 is 5.91 Å². The largest absolute Gasteiger partial charge is 0.491 e. The Morgan fingerprint density at radius 1 is 1.09 bits per heavy atom. The zero-order chi connectivity index (χ0) is 31.9. The quantitative estimate of drug-likeness (QED) is 0.135. The Balaban J connectivity index is 1.10. The molecule has 0 saturated heterocycles. The molecule has 4 heterocycles. The van der Waals surface area contributed by atoms with E-state index in [1.165, 1.54) is 19.4 Å². The van der Waals surface area contributed by atoms with E-state index in [1.54, 1.807) is 67.1 Å². The van der Waals surface area contributed by atoms with Crippen LogP contribution in [0, 0.1) is 0 Å². The van der Waals surface area contributed by atoms with Crippen molar-refractivity contribution in [3.8, 4) is 11.5 Å². The van der Waals surface area contributed by atoms with Crippen LogP contribution in [0.5, 0.6) is 11.5 Å². The van der Waals surface area contributed by atoms with Gasteiger partial charge in [-0.05, 0) is 54.6 Å². The summed E-state index contributed by atoms with van der Waals surface area (Å²) in [4.78, 5) is 57.5. The number of imidazole rings is 1. The fourth-order valence-corrected chi connectivity index (χ4v) is 4.83. The summed E-state index contributed by atoms with van der Waals surface area (Å²) in [5, 5.41) is 9.68. The zero-order valence-electron chi connectivity index (χ0n) is 24.7. The number of amides is 3. The standard InChI is InChI=1S/C32H29N9O5/c1-45-28-24(9-8-23-27(28)39-32(41-17-15-36-29(23)41)40-31(44)21-3-2-12-33-19-21)46-18-16-37-30(43)20-4-6-22(7-5-20)38-26(42)11-10-25-34-13-14-35-25/h2-14,19,36H,15-18H2,1H3,(H,34,35)(H,37,43)(H,38,42)/b11-10+,40-32?. The molecule has 4 N–H and O–H groups in total. The first-order valence-corrected chi connectivity index (χ1v) is 14.3. The minimum absolute atomic E-state index is 0.151. The highest BCUT2D eigenvalue weighted by atomic mass is 16.5. The lowest BCUT2D eigenvalue weighted by Crippen LogP contribution is -2.28. The van der Waals surface area contributed by atoms with Gasteiger partial charge in [-0.2, -0.15) is 4.99 Å². The first-order valence-electron chi connectivity index (χ1n) is 14.3. The van der Waals surface area contributed by atoms with Crippen molar-refractivity contribution in [2.75, 3.05) is 37.4 Å². The number of hydrogen-bond acceptors (Lipinski definition) is 9. The third-order valence-corrected chi connectivity index (χ3v) is 6.99. The molecule has 2 aromatic carbocycles. The minimum Gasteiger partial charge on any atom is -0.491 e. The van der Waals surface area contributed by atoms with Gasteiger partial charge in [0.25, 0.3) is 11.8 Å². The summed E-state index contributed by atoms with van der Waals surface area (Å²) >= 11 is 0. The van der Waals surface area contributed by atoms with E-state index >= 15 is 0 Å². The molecule has 3 aromatic heterocycles. The fraction of sp³-hybridized carbons (Fsp3) is 0.156. The maximum atomic E-state index is 12.8. The SMILES string of the molecule is COc1c(OCCNC(=O)c2ccc(NC(=O)/C=C/c3ncc[nH]3)cc2)ccc2c3n(c(=NC(=O)c4cccnc4)nc12)CCN3. The Morgan fingerprint density at radius 3 is 2.72 bits per heavy atom. The number of rotatable bonds is 10. The first kappa shape index (κ1) is 29.7. The van der Waals surface area contributed by atoms with Gasteiger partial charge in [0.1, 0.15) is 23.8 Å². The number of carbonyl (C=O) groups excluding carboxylic acids is 3. The maximum absolute atomic E-state index is 12.8. The van der Waals surface area contributed by atoms with Crippen LogP contribution >= 0.6 is 0 Å².